The Hall–Kier alpha value is -3.08. The number of nitrogens with zero attached hydrogens (tertiary/aromatic N) is 4. The first-order chi connectivity index (χ1) is 16.6. The molecule has 0 aliphatic carbocycles. The second kappa shape index (κ2) is 10.3. The summed E-state index contributed by atoms with van der Waals surface area (Å²) in [7, 11) is 0. The Labute approximate surface area is 210 Å². The van der Waals surface area contributed by atoms with Crippen LogP contribution in [0.5, 0.6) is 0 Å². The van der Waals surface area contributed by atoms with Crippen LogP contribution >= 0.6 is 23.2 Å². The van der Waals surface area contributed by atoms with Gasteiger partial charge in [0.05, 0.1) is 22.2 Å². The van der Waals surface area contributed by atoms with Crippen LogP contribution in [0.4, 0.5) is 14.5 Å². The molecule has 1 aliphatic rings. The van der Waals surface area contributed by atoms with E-state index < -0.39 is 5.92 Å². The van der Waals surface area contributed by atoms with Crippen molar-refractivity contribution in [1.29, 1.82) is 5.41 Å². The lowest BCUT2D eigenvalue weighted by Crippen LogP contribution is -2.38. The average molecular weight is 523 g/mol. The number of nitrogens with one attached hydrogen (secondary N) is 2. The van der Waals surface area contributed by atoms with Gasteiger partial charge in [-0.3, -0.25) is 10.4 Å². The van der Waals surface area contributed by atoms with Crippen molar-refractivity contribution in [3.05, 3.63) is 75.2 Å². The molecule has 0 bridgehead atoms. The first-order valence-corrected chi connectivity index (χ1v) is 11.4. The van der Waals surface area contributed by atoms with E-state index in [1.165, 1.54) is 18.2 Å². The molecule has 0 atom stereocenters. The van der Waals surface area contributed by atoms with Gasteiger partial charge in [-0.1, -0.05) is 29.3 Å². The minimum absolute atomic E-state index is 0.0618. The number of aliphatic hydroxyl groups excluding tert-OH is 1. The topological polar surface area (TPSA) is 111 Å². The summed E-state index contributed by atoms with van der Waals surface area (Å²) in [4.78, 5) is 6.30. The number of aliphatic hydroxyl groups is 1. The summed E-state index contributed by atoms with van der Waals surface area (Å²) in [5.74, 6) is -2.41. The van der Waals surface area contributed by atoms with Crippen molar-refractivity contribution >= 4 is 40.4 Å². The number of benzene rings is 1. The number of hydrogen-bond donors (Lipinski definition) is 3. The lowest BCUT2D eigenvalue weighted by atomic mass is 10.0. The van der Waals surface area contributed by atoms with E-state index >= 15 is 0 Å². The zero-order valence-electron chi connectivity index (χ0n) is 18.7. The normalized spacial score (nSPS) is 14.1. The summed E-state index contributed by atoms with van der Waals surface area (Å²) in [5.41, 5.74) is 2.61. The van der Waals surface area contributed by atoms with E-state index in [1.807, 2.05) is 6.08 Å². The lowest BCUT2D eigenvalue weighted by Gasteiger charge is -2.29. The zero-order valence-corrected chi connectivity index (χ0v) is 20.2. The average Bonchev–Trinajstić information content (AvgIpc) is 3.26. The van der Waals surface area contributed by atoms with Gasteiger partial charge in [-0.15, -0.1) is 10.2 Å². The molecule has 3 aromatic rings. The molecule has 184 valence electrons. The molecule has 2 aromatic heterocycles. The van der Waals surface area contributed by atoms with Gasteiger partial charge < -0.3 is 19.7 Å². The number of halogens is 4. The predicted molar refractivity (Wildman–Crippen MR) is 129 cm³/mol. The largest absolute Gasteiger partial charge is 0.422 e. The molecule has 0 fully saturated rings. The van der Waals surface area contributed by atoms with Gasteiger partial charge in [-0.05, 0) is 41.8 Å². The molecule has 8 nitrogen and oxygen atoms in total. The molecule has 0 radical (unpaired) electrons. The highest BCUT2D eigenvalue weighted by Gasteiger charge is 2.27. The molecule has 3 N–H and O–H groups in total. The third-order valence-electron chi connectivity index (χ3n) is 5.43. The molecular formula is C23H22Cl2F2N6O2. The summed E-state index contributed by atoms with van der Waals surface area (Å²) in [6.07, 6.45) is 4.60. The van der Waals surface area contributed by atoms with Crippen molar-refractivity contribution in [2.75, 3.05) is 18.4 Å². The monoisotopic (exact) mass is 522 g/mol. The number of aromatic nitrogens is 3. The Kier molecular flexibility index (Phi) is 7.34. The van der Waals surface area contributed by atoms with Gasteiger partial charge in [0.1, 0.15) is 6.61 Å². The second-order valence-electron chi connectivity index (χ2n) is 8.08. The minimum atomic E-state index is -3.04. The Balaban J connectivity index is 1.38. The van der Waals surface area contributed by atoms with Crippen molar-refractivity contribution in [2.45, 2.75) is 32.3 Å². The summed E-state index contributed by atoms with van der Waals surface area (Å²) in [5, 5.41) is 28.3. The van der Waals surface area contributed by atoms with E-state index in [2.05, 4.69) is 20.5 Å². The van der Waals surface area contributed by atoms with Crippen LogP contribution in [0.2, 0.25) is 10.0 Å². The number of pyridine rings is 1. The van der Waals surface area contributed by atoms with Gasteiger partial charge >= 0.3 is 0 Å². The van der Waals surface area contributed by atoms with Crippen LogP contribution in [0.15, 0.2) is 41.0 Å². The first-order valence-electron chi connectivity index (χ1n) is 10.7. The number of hydrogen-bond acceptors (Lipinski definition) is 6. The van der Waals surface area contributed by atoms with Gasteiger partial charge in [0.15, 0.2) is 5.96 Å². The molecule has 0 unspecified atom stereocenters. The van der Waals surface area contributed by atoms with E-state index in [0.29, 0.717) is 48.2 Å². The van der Waals surface area contributed by atoms with Crippen molar-refractivity contribution < 1.29 is 18.3 Å². The van der Waals surface area contributed by atoms with Gasteiger partial charge in [0.25, 0.3) is 5.92 Å². The third-order valence-corrected chi connectivity index (χ3v) is 6.03. The molecule has 1 aromatic carbocycles. The van der Waals surface area contributed by atoms with Crippen LogP contribution in [-0.2, 0) is 19.0 Å². The third kappa shape index (κ3) is 5.95. The van der Waals surface area contributed by atoms with E-state index in [-0.39, 0.29) is 29.0 Å². The molecule has 0 spiro atoms. The predicted octanol–water partition coefficient (Wildman–Crippen LogP) is 5.10. The summed E-state index contributed by atoms with van der Waals surface area (Å²) in [6.45, 7) is 1.46. The fourth-order valence-corrected chi connectivity index (χ4v) is 4.32. The maximum atomic E-state index is 13.5. The molecule has 4 rings (SSSR count). The molecule has 0 amide bonds. The highest BCUT2D eigenvalue weighted by atomic mass is 35.5. The summed E-state index contributed by atoms with van der Waals surface area (Å²) >= 11 is 12.5. The molecule has 1 aliphatic heterocycles. The van der Waals surface area contributed by atoms with Crippen molar-refractivity contribution in [1.82, 2.24) is 20.1 Å². The van der Waals surface area contributed by atoms with E-state index in [9.17, 15) is 8.78 Å². The van der Waals surface area contributed by atoms with Crippen LogP contribution in [0, 0.1) is 5.41 Å². The number of anilines is 1. The van der Waals surface area contributed by atoms with Crippen LogP contribution in [0.25, 0.3) is 5.57 Å². The van der Waals surface area contributed by atoms with Crippen LogP contribution in [-0.4, -0.2) is 44.2 Å². The van der Waals surface area contributed by atoms with Crippen molar-refractivity contribution in [3.8, 4) is 0 Å². The van der Waals surface area contributed by atoms with Gasteiger partial charge in [0.2, 0.25) is 11.8 Å². The Morgan fingerprint density at radius 3 is 2.60 bits per heavy atom. The van der Waals surface area contributed by atoms with Crippen LogP contribution in [0.3, 0.4) is 0 Å². The fraction of sp³-hybridized carbons (Fsp3) is 0.304. The smallest absolute Gasteiger partial charge is 0.271 e. The summed E-state index contributed by atoms with van der Waals surface area (Å²) in [6, 6.07) is 5.91. The quantitative estimate of drug-likeness (QED) is 0.305. The number of alkyl halides is 2. The van der Waals surface area contributed by atoms with Gasteiger partial charge in [0, 0.05) is 37.5 Å². The highest BCUT2D eigenvalue weighted by Crippen LogP contribution is 2.34. The standard InChI is InChI=1S/C23H22Cl2F2N6O2/c1-23(26,27)16-3-2-15(10-17(16)24)30-22(28)33-6-4-14(5-7-33)21-18(25)8-13(11-29-21)9-19-31-32-20(12-34)35-19/h2-4,8,10-11,34H,5-7,9,12H2,1H3,(H2,28,30). The molecule has 12 heteroatoms. The molecule has 0 saturated heterocycles. The van der Waals surface area contributed by atoms with Gasteiger partial charge in [-0.25, -0.2) is 8.78 Å². The van der Waals surface area contributed by atoms with Gasteiger partial charge in [-0.2, -0.15) is 0 Å². The maximum absolute atomic E-state index is 13.5. The maximum Gasteiger partial charge on any atom is 0.271 e. The molecule has 3 heterocycles. The highest BCUT2D eigenvalue weighted by molar-refractivity contribution is 6.32. The first kappa shape index (κ1) is 25.0. The van der Waals surface area contributed by atoms with E-state index in [4.69, 9.17) is 38.1 Å². The molecule has 0 saturated carbocycles. The lowest BCUT2D eigenvalue weighted by molar-refractivity contribution is 0.0176. The van der Waals surface area contributed by atoms with E-state index in [1.54, 1.807) is 17.2 Å². The fourth-order valence-electron chi connectivity index (χ4n) is 3.66. The Bertz CT molecular complexity index is 1280. The Morgan fingerprint density at radius 2 is 2.00 bits per heavy atom. The minimum Gasteiger partial charge on any atom is -0.422 e. The molecule has 35 heavy (non-hydrogen) atoms. The summed E-state index contributed by atoms with van der Waals surface area (Å²) < 4.78 is 32.4. The second-order valence-corrected chi connectivity index (χ2v) is 8.89. The van der Waals surface area contributed by atoms with Crippen LogP contribution < -0.4 is 5.32 Å². The van der Waals surface area contributed by atoms with Crippen molar-refractivity contribution in [3.63, 3.8) is 0 Å². The van der Waals surface area contributed by atoms with Crippen LogP contribution in [0.1, 0.15) is 41.9 Å². The molecular weight excluding hydrogens is 501 g/mol. The zero-order chi connectivity index (χ0) is 25.2. The number of guanidine groups is 1. The van der Waals surface area contributed by atoms with E-state index in [0.717, 1.165) is 18.1 Å². The Morgan fingerprint density at radius 1 is 1.23 bits per heavy atom. The van der Waals surface area contributed by atoms with Crippen molar-refractivity contribution in [2.24, 2.45) is 0 Å². The number of rotatable bonds is 6. The SMILES string of the molecule is CC(F)(F)c1ccc(NC(=N)N2CC=C(c3ncc(Cc4nnc(CO)o4)cc3Cl)CC2)cc1Cl.